The second kappa shape index (κ2) is 4.89. The van der Waals surface area contributed by atoms with Crippen molar-refractivity contribution in [1.29, 1.82) is 0 Å². The van der Waals surface area contributed by atoms with Gasteiger partial charge in [0.05, 0.1) is 12.0 Å². The Kier molecular flexibility index (Phi) is 4.08. The maximum absolute atomic E-state index is 9.07. The SMILES string of the molecule is Cc1ccoc1CSCC(C)(C)CO. The van der Waals surface area contributed by atoms with Crippen LogP contribution in [0.3, 0.4) is 0 Å². The molecule has 1 aromatic rings. The lowest BCUT2D eigenvalue weighted by atomic mass is 9.98. The monoisotopic (exact) mass is 214 g/mol. The Labute approximate surface area is 89.7 Å². The van der Waals surface area contributed by atoms with Gasteiger partial charge in [0.15, 0.2) is 0 Å². The number of aliphatic hydroxyl groups is 1. The lowest BCUT2D eigenvalue weighted by molar-refractivity contribution is 0.180. The van der Waals surface area contributed by atoms with Crippen LogP contribution in [0.15, 0.2) is 16.7 Å². The van der Waals surface area contributed by atoms with E-state index in [-0.39, 0.29) is 12.0 Å². The van der Waals surface area contributed by atoms with Crippen LogP contribution in [0.1, 0.15) is 25.2 Å². The molecular formula is C11H18O2S. The summed E-state index contributed by atoms with van der Waals surface area (Å²) in [4.78, 5) is 0. The second-order valence-electron chi connectivity index (χ2n) is 4.34. The topological polar surface area (TPSA) is 33.4 Å². The van der Waals surface area contributed by atoms with E-state index in [9.17, 15) is 0 Å². The Morgan fingerprint density at radius 2 is 2.21 bits per heavy atom. The molecule has 0 atom stereocenters. The van der Waals surface area contributed by atoms with E-state index >= 15 is 0 Å². The van der Waals surface area contributed by atoms with Gasteiger partial charge in [-0.2, -0.15) is 11.8 Å². The number of aliphatic hydroxyl groups excluding tert-OH is 1. The Balaban J connectivity index is 2.32. The predicted octanol–water partition coefficient (Wildman–Crippen LogP) is 2.84. The highest BCUT2D eigenvalue weighted by Gasteiger charge is 2.16. The highest BCUT2D eigenvalue weighted by atomic mass is 32.2. The van der Waals surface area contributed by atoms with Crippen molar-refractivity contribution in [2.75, 3.05) is 12.4 Å². The molecule has 0 aliphatic heterocycles. The Hall–Kier alpha value is -0.410. The van der Waals surface area contributed by atoms with E-state index in [2.05, 4.69) is 20.8 Å². The average molecular weight is 214 g/mol. The van der Waals surface area contributed by atoms with Crippen molar-refractivity contribution < 1.29 is 9.52 Å². The van der Waals surface area contributed by atoms with E-state index < -0.39 is 0 Å². The molecule has 1 N–H and O–H groups in total. The average Bonchev–Trinajstić information content (AvgIpc) is 2.52. The zero-order valence-electron chi connectivity index (χ0n) is 9.04. The van der Waals surface area contributed by atoms with Crippen molar-refractivity contribution in [3.05, 3.63) is 23.7 Å². The molecule has 2 nitrogen and oxygen atoms in total. The van der Waals surface area contributed by atoms with Gasteiger partial charge in [0.1, 0.15) is 5.76 Å². The molecule has 14 heavy (non-hydrogen) atoms. The van der Waals surface area contributed by atoms with Crippen LogP contribution in [0.5, 0.6) is 0 Å². The van der Waals surface area contributed by atoms with E-state index in [1.54, 1.807) is 18.0 Å². The molecule has 1 heterocycles. The van der Waals surface area contributed by atoms with Crippen molar-refractivity contribution >= 4 is 11.8 Å². The summed E-state index contributed by atoms with van der Waals surface area (Å²) in [7, 11) is 0. The summed E-state index contributed by atoms with van der Waals surface area (Å²) in [6.45, 7) is 6.41. The summed E-state index contributed by atoms with van der Waals surface area (Å²) in [6, 6.07) is 1.98. The molecule has 0 fully saturated rings. The van der Waals surface area contributed by atoms with Crippen LogP contribution in [0.25, 0.3) is 0 Å². The van der Waals surface area contributed by atoms with Gasteiger partial charge in [0, 0.05) is 12.4 Å². The summed E-state index contributed by atoms with van der Waals surface area (Å²) >= 11 is 1.80. The Morgan fingerprint density at radius 1 is 1.50 bits per heavy atom. The summed E-state index contributed by atoms with van der Waals surface area (Å²) < 4.78 is 5.33. The fourth-order valence-corrected chi connectivity index (χ4v) is 2.24. The highest BCUT2D eigenvalue weighted by molar-refractivity contribution is 7.98. The quantitative estimate of drug-likeness (QED) is 0.818. The predicted molar refractivity (Wildman–Crippen MR) is 60.5 cm³/mol. The number of hydrogen-bond donors (Lipinski definition) is 1. The zero-order chi connectivity index (χ0) is 10.6. The molecule has 0 saturated heterocycles. The third kappa shape index (κ3) is 3.39. The highest BCUT2D eigenvalue weighted by Crippen LogP contribution is 2.24. The number of hydrogen-bond acceptors (Lipinski definition) is 3. The first-order valence-corrected chi connectivity index (χ1v) is 5.92. The number of furan rings is 1. The first kappa shape index (κ1) is 11.7. The van der Waals surface area contributed by atoms with Crippen molar-refractivity contribution in [1.82, 2.24) is 0 Å². The first-order valence-electron chi connectivity index (χ1n) is 4.77. The van der Waals surface area contributed by atoms with Crippen molar-refractivity contribution in [2.45, 2.75) is 26.5 Å². The molecular weight excluding hydrogens is 196 g/mol. The molecule has 0 aliphatic carbocycles. The van der Waals surface area contributed by atoms with Crippen LogP contribution in [-0.2, 0) is 5.75 Å². The molecule has 0 amide bonds. The fourth-order valence-electron chi connectivity index (χ4n) is 1.02. The van der Waals surface area contributed by atoms with Crippen LogP contribution < -0.4 is 0 Å². The van der Waals surface area contributed by atoms with Crippen molar-refractivity contribution in [3.8, 4) is 0 Å². The summed E-state index contributed by atoms with van der Waals surface area (Å²) in [6.07, 6.45) is 1.72. The van der Waals surface area contributed by atoms with E-state index in [0.717, 1.165) is 17.3 Å². The number of thioether (sulfide) groups is 1. The van der Waals surface area contributed by atoms with Crippen molar-refractivity contribution in [2.24, 2.45) is 5.41 Å². The zero-order valence-corrected chi connectivity index (χ0v) is 9.86. The smallest absolute Gasteiger partial charge is 0.116 e. The van der Waals surface area contributed by atoms with Crippen molar-refractivity contribution in [3.63, 3.8) is 0 Å². The molecule has 0 radical (unpaired) electrons. The summed E-state index contributed by atoms with van der Waals surface area (Å²) in [5.74, 6) is 2.88. The molecule has 3 heteroatoms. The Morgan fingerprint density at radius 3 is 2.71 bits per heavy atom. The molecule has 0 aliphatic rings. The lowest BCUT2D eigenvalue weighted by Crippen LogP contribution is -2.19. The third-order valence-corrected chi connectivity index (χ3v) is 3.57. The standard InChI is InChI=1S/C11H18O2S/c1-9-4-5-13-10(9)6-14-8-11(2,3)7-12/h4-5,12H,6-8H2,1-3H3. The maximum atomic E-state index is 9.07. The van der Waals surface area contributed by atoms with Gasteiger partial charge in [-0.3, -0.25) is 0 Å². The van der Waals surface area contributed by atoms with E-state index in [4.69, 9.17) is 9.52 Å². The van der Waals surface area contributed by atoms with Gasteiger partial charge in [0.25, 0.3) is 0 Å². The van der Waals surface area contributed by atoms with Gasteiger partial charge in [0.2, 0.25) is 0 Å². The Bertz CT molecular complexity index is 279. The van der Waals surface area contributed by atoms with Gasteiger partial charge in [-0.15, -0.1) is 0 Å². The minimum absolute atomic E-state index is 0.00512. The van der Waals surface area contributed by atoms with E-state index in [1.165, 1.54) is 5.56 Å². The molecule has 1 aromatic heterocycles. The summed E-state index contributed by atoms with van der Waals surface area (Å²) in [5.41, 5.74) is 1.21. The normalized spacial score (nSPS) is 12.0. The molecule has 0 bridgehead atoms. The molecule has 0 spiro atoms. The maximum Gasteiger partial charge on any atom is 0.116 e. The van der Waals surface area contributed by atoms with E-state index in [1.807, 2.05) is 6.07 Å². The minimum atomic E-state index is 0.00512. The lowest BCUT2D eigenvalue weighted by Gasteiger charge is -2.20. The van der Waals surface area contributed by atoms with Gasteiger partial charge in [-0.05, 0) is 24.0 Å². The largest absolute Gasteiger partial charge is 0.468 e. The second-order valence-corrected chi connectivity index (χ2v) is 5.33. The first-order chi connectivity index (χ1) is 6.55. The summed E-state index contributed by atoms with van der Waals surface area (Å²) in [5, 5.41) is 9.07. The van der Waals surface area contributed by atoms with Crippen LogP contribution in [0.2, 0.25) is 0 Å². The molecule has 0 saturated carbocycles. The number of rotatable bonds is 5. The number of aryl methyl sites for hydroxylation is 1. The molecule has 0 aromatic carbocycles. The molecule has 1 rings (SSSR count). The van der Waals surface area contributed by atoms with E-state index in [0.29, 0.717) is 0 Å². The molecule has 80 valence electrons. The van der Waals surface area contributed by atoms with Crippen LogP contribution in [-0.4, -0.2) is 17.5 Å². The van der Waals surface area contributed by atoms with Gasteiger partial charge < -0.3 is 9.52 Å². The van der Waals surface area contributed by atoms with Gasteiger partial charge in [-0.25, -0.2) is 0 Å². The minimum Gasteiger partial charge on any atom is -0.468 e. The fraction of sp³-hybridized carbons (Fsp3) is 0.636. The van der Waals surface area contributed by atoms with Crippen LogP contribution in [0, 0.1) is 12.3 Å². The van der Waals surface area contributed by atoms with Gasteiger partial charge >= 0.3 is 0 Å². The van der Waals surface area contributed by atoms with Crippen LogP contribution >= 0.6 is 11.8 Å². The third-order valence-electron chi connectivity index (χ3n) is 2.12. The van der Waals surface area contributed by atoms with Crippen LogP contribution in [0.4, 0.5) is 0 Å². The van der Waals surface area contributed by atoms with Gasteiger partial charge in [-0.1, -0.05) is 13.8 Å². The molecule has 0 unspecified atom stereocenters.